The fourth-order valence-corrected chi connectivity index (χ4v) is 3.70. The van der Waals surface area contributed by atoms with Gasteiger partial charge in [-0.15, -0.1) is 10.2 Å². The van der Waals surface area contributed by atoms with E-state index in [-0.39, 0.29) is 11.0 Å². The molecular weight excluding hydrogens is 358 g/mol. The first-order valence-electron chi connectivity index (χ1n) is 8.90. The van der Waals surface area contributed by atoms with Crippen LogP contribution in [0, 0.1) is 6.92 Å². The summed E-state index contributed by atoms with van der Waals surface area (Å²) >= 11 is 1.42. The number of benzene rings is 2. The van der Waals surface area contributed by atoms with E-state index >= 15 is 0 Å². The molecule has 0 N–H and O–H groups in total. The lowest BCUT2D eigenvalue weighted by molar-refractivity contribution is 0.0994. The molecule has 0 fully saturated rings. The summed E-state index contributed by atoms with van der Waals surface area (Å²) in [6.07, 6.45) is 0. The number of aryl methyl sites for hydroxylation is 1. The predicted molar refractivity (Wildman–Crippen MR) is 108 cm³/mol. The van der Waals surface area contributed by atoms with Crippen LogP contribution in [0.2, 0.25) is 0 Å². The molecule has 0 saturated heterocycles. The van der Waals surface area contributed by atoms with E-state index in [1.165, 1.54) is 11.8 Å². The van der Waals surface area contributed by atoms with Crippen LogP contribution in [0.5, 0.6) is 5.75 Å². The summed E-state index contributed by atoms with van der Waals surface area (Å²) < 4.78 is 7.37. The molecule has 0 radical (unpaired) electrons. The van der Waals surface area contributed by atoms with Crippen LogP contribution >= 0.6 is 11.8 Å². The van der Waals surface area contributed by atoms with Crippen LogP contribution in [-0.2, 0) is 7.05 Å². The summed E-state index contributed by atoms with van der Waals surface area (Å²) in [5.74, 6) is 1.63. The third-order valence-corrected chi connectivity index (χ3v) is 5.46. The Hall–Kier alpha value is -2.60. The number of carbonyl (C=O) groups excluding carboxylic acids is 1. The SMILES string of the molecule is CCOc1ccc(C(=O)[C@@H](C)Sc2nnc(-c3ccccc3C)n2C)cc1. The second-order valence-electron chi connectivity index (χ2n) is 6.26. The van der Waals surface area contributed by atoms with Crippen LogP contribution in [0.15, 0.2) is 53.7 Å². The van der Waals surface area contributed by atoms with E-state index in [1.807, 2.05) is 55.8 Å². The second-order valence-corrected chi connectivity index (χ2v) is 7.57. The quantitative estimate of drug-likeness (QED) is 0.444. The number of ketones is 1. The molecule has 140 valence electrons. The van der Waals surface area contributed by atoms with E-state index in [0.29, 0.717) is 12.2 Å². The van der Waals surface area contributed by atoms with Gasteiger partial charge < -0.3 is 9.30 Å². The third-order valence-electron chi connectivity index (χ3n) is 4.32. The van der Waals surface area contributed by atoms with Crippen molar-refractivity contribution in [1.82, 2.24) is 14.8 Å². The number of carbonyl (C=O) groups is 1. The Bertz CT molecular complexity index is 935. The lowest BCUT2D eigenvalue weighted by atomic mass is 10.1. The number of aromatic nitrogens is 3. The molecule has 0 spiro atoms. The van der Waals surface area contributed by atoms with Crippen molar-refractivity contribution in [3.05, 3.63) is 59.7 Å². The largest absolute Gasteiger partial charge is 0.494 e. The summed E-state index contributed by atoms with van der Waals surface area (Å²) in [7, 11) is 1.93. The second kappa shape index (κ2) is 8.39. The van der Waals surface area contributed by atoms with Gasteiger partial charge in [0, 0.05) is 18.2 Å². The Labute approximate surface area is 163 Å². The molecule has 0 aliphatic carbocycles. The molecule has 0 unspecified atom stereocenters. The smallest absolute Gasteiger partial charge is 0.191 e. The summed E-state index contributed by atoms with van der Waals surface area (Å²) in [4.78, 5) is 12.7. The Morgan fingerprint density at radius 3 is 2.52 bits per heavy atom. The zero-order chi connectivity index (χ0) is 19.4. The standard InChI is InChI=1S/C21H23N3O2S/c1-5-26-17-12-10-16(11-13-17)19(25)15(3)27-21-23-22-20(24(21)4)18-9-7-6-8-14(18)2/h6-13,15H,5H2,1-4H3/t15-/m1/s1. The zero-order valence-corrected chi connectivity index (χ0v) is 16.8. The Balaban J connectivity index is 1.75. The molecule has 0 aliphatic rings. The van der Waals surface area contributed by atoms with Crippen molar-refractivity contribution < 1.29 is 9.53 Å². The topological polar surface area (TPSA) is 57.0 Å². The predicted octanol–water partition coefficient (Wildman–Crippen LogP) is 4.55. The molecule has 1 aromatic heterocycles. The highest BCUT2D eigenvalue weighted by molar-refractivity contribution is 8.00. The molecule has 0 saturated carbocycles. The van der Waals surface area contributed by atoms with Gasteiger partial charge in [0.05, 0.1) is 11.9 Å². The lowest BCUT2D eigenvalue weighted by Crippen LogP contribution is -2.14. The molecule has 3 aromatic rings. The molecule has 0 bridgehead atoms. The number of nitrogens with zero attached hydrogens (tertiary/aromatic N) is 3. The van der Waals surface area contributed by atoms with Gasteiger partial charge in [0.25, 0.3) is 0 Å². The van der Waals surface area contributed by atoms with Crippen LogP contribution in [0.4, 0.5) is 0 Å². The summed E-state index contributed by atoms with van der Waals surface area (Å²) in [6, 6.07) is 15.3. The first-order chi connectivity index (χ1) is 13.0. The van der Waals surface area contributed by atoms with Crippen LogP contribution in [0.3, 0.4) is 0 Å². The fraction of sp³-hybridized carbons (Fsp3) is 0.286. The van der Waals surface area contributed by atoms with E-state index in [9.17, 15) is 4.79 Å². The molecule has 2 aromatic carbocycles. The van der Waals surface area contributed by atoms with Crippen LogP contribution in [0.1, 0.15) is 29.8 Å². The highest BCUT2D eigenvalue weighted by Crippen LogP contribution is 2.28. The minimum Gasteiger partial charge on any atom is -0.494 e. The molecule has 0 aliphatic heterocycles. The summed E-state index contributed by atoms with van der Waals surface area (Å²) in [5.41, 5.74) is 2.85. The first-order valence-corrected chi connectivity index (χ1v) is 9.78. The van der Waals surface area contributed by atoms with E-state index in [2.05, 4.69) is 23.2 Å². The molecule has 0 amide bonds. The minimum atomic E-state index is -0.268. The van der Waals surface area contributed by atoms with Crippen molar-refractivity contribution in [2.24, 2.45) is 7.05 Å². The van der Waals surface area contributed by atoms with Gasteiger partial charge in [-0.05, 0) is 50.6 Å². The maximum atomic E-state index is 12.7. The average Bonchev–Trinajstić information content (AvgIpc) is 3.03. The van der Waals surface area contributed by atoms with Gasteiger partial charge in [-0.1, -0.05) is 36.0 Å². The molecular formula is C21H23N3O2S. The van der Waals surface area contributed by atoms with E-state index in [0.717, 1.165) is 27.9 Å². The lowest BCUT2D eigenvalue weighted by Gasteiger charge is -2.11. The van der Waals surface area contributed by atoms with Crippen LogP contribution in [-0.4, -0.2) is 32.4 Å². The highest BCUT2D eigenvalue weighted by Gasteiger charge is 2.21. The monoisotopic (exact) mass is 381 g/mol. The van der Waals surface area contributed by atoms with Crippen molar-refractivity contribution >= 4 is 17.5 Å². The molecule has 1 heterocycles. The summed E-state index contributed by atoms with van der Waals surface area (Å²) in [6.45, 7) is 6.49. The Morgan fingerprint density at radius 1 is 1.15 bits per heavy atom. The number of ether oxygens (including phenoxy) is 1. The number of hydrogen-bond acceptors (Lipinski definition) is 5. The molecule has 27 heavy (non-hydrogen) atoms. The number of hydrogen-bond donors (Lipinski definition) is 0. The van der Waals surface area contributed by atoms with Gasteiger partial charge in [0.15, 0.2) is 16.8 Å². The minimum absolute atomic E-state index is 0.0588. The molecule has 5 nitrogen and oxygen atoms in total. The van der Waals surface area contributed by atoms with Crippen molar-refractivity contribution in [2.45, 2.75) is 31.2 Å². The molecule has 6 heteroatoms. The van der Waals surface area contributed by atoms with Gasteiger partial charge in [-0.2, -0.15) is 0 Å². The van der Waals surface area contributed by atoms with Crippen LogP contribution < -0.4 is 4.74 Å². The maximum absolute atomic E-state index is 12.7. The average molecular weight is 382 g/mol. The van der Waals surface area contributed by atoms with Crippen molar-refractivity contribution in [2.75, 3.05) is 6.61 Å². The van der Waals surface area contributed by atoms with Gasteiger partial charge in [-0.3, -0.25) is 4.79 Å². The fourth-order valence-electron chi connectivity index (χ4n) is 2.80. The normalized spacial score (nSPS) is 12.0. The van der Waals surface area contributed by atoms with Gasteiger partial charge >= 0.3 is 0 Å². The summed E-state index contributed by atoms with van der Waals surface area (Å²) in [5, 5.41) is 9.07. The molecule has 1 atom stereocenters. The van der Waals surface area contributed by atoms with E-state index < -0.39 is 0 Å². The number of thioether (sulfide) groups is 1. The highest BCUT2D eigenvalue weighted by atomic mass is 32.2. The van der Waals surface area contributed by atoms with Crippen molar-refractivity contribution in [3.8, 4) is 17.1 Å². The Kier molecular flexibility index (Phi) is 5.96. The van der Waals surface area contributed by atoms with Crippen molar-refractivity contribution in [3.63, 3.8) is 0 Å². The van der Waals surface area contributed by atoms with Crippen LogP contribution in [0.25, 0.3) is 11.4 Å². The third kappa shape index (κ3) is 4.22. The van der Waals surface area contributed by atoms with E-state index in [4.69, 9.17) is 4.74 Å². The zero-order valence-electron chi connectivity index (χ0n) is 16.0. The number of rotatable bonds is 7. The van der Waals surface area contributed by atoms with Crippen molar-refractivity contribution in [1.29, 1.82) is 0 Å². The van der Waals surface area contributed by atoms with Gasteiger partial charge in [-0.25, -0.2) is 0 Å². The van der Waals surface area contributed by atoms with Gasteiger partial charge in [0.2, 0.25) is 0 Å². The molecule has 3 rings (SSSR count). The van der Waals surface area contributed by atoms with E-state index in [1.54, 1.807) is 12.1 Å². The first kappa shape index (κ1) is 19.2. The van der Waals surface area contributed by atoms with Gasteiger partial charge in [0.1, 0.15) is 5.75 Å². The Morgan fingerprint density at radius 2 is 1.85 bits per heavy atom. The number of Topliss-reactive ketones (excluding diaryl/α,β-unsaturated/α-hetero) is 1. The maximum Gasteiger partial charge on any atom is 0.191 e.